The zero-order chi connectivity index (χ0) is 14.7. The van der Waals surface area contributed by atoms with Crippen molar-refractivity contribution >= 4 is 22.8 Å². The molecule has 3 aromatic rings. The normalized spacial score (nSPS) is 11.7. The van der Waals surface area contributed by atoms with E-state index in [-0.39, 0.29) is 5.84 Å². The second kappa shape index (κ2) is 5.49. The molecule has 0 bridgehead atoms. The third-order valence-corrected chi connectivity index (χ3v) is 3.06. The minimum absolute atomic E-state index is 0.0422. The fourth-order valence-corrected chi connectivity index (χ4v) is 2.06. The van der Waals surface area contributed by atoms with Gasteiger partial charge in [0.25, 0.3) is 0 Å². The molecule has 2 heterocycles. The van der Waals surface area contributed by atoms with Crippen molar-refractivity contribution in [3.05, 3.63) is 53.9 Å². The summed E-state index contributed by atoms with van der Waals surface area (Å²) in [5.41, 5.74) is 8.63. The maximum absolute atomic E-state index is 8.81. The molecular formula is C14H14N6O. The second-order valence-corrected chi connectivity index (χ2v) is 4.44. The van der Waals surface area contributed by atoms with Gasteiger partial charge in [-0.05, 0) is 24.3 Å². The Morgan fingerprint density at radius 3 is 2.95 bits per heavy atom. The summed E-state index contributed by atoms with van der Waals surface area (Å²) in [5.74, 6) is 0.648. The van der Waals surface area contributed by atoms with E-state index in [9.17, 15) is 0 Å². The molecule has 0 saturated carbocycles. The molecule has 21 heavy (non-hydrogen) atoms. The molecule has 1 aromatic carbocycles. The zero-order valence-corrected chi connectivity index (χ0v) is 11.1. The SMILES string of the molecule is NC(=NO)c1cccc2nc(NCc3ccccn3)[nH]c12. The van der Waals surface area contributed by atoms with Crippen molar-refractivity contribution in [1.29, 1.82) is 0 Å². The molecule has 0 unspecified atom stereocenters. The summed E-state index contributed by atoms with van der Waals surface area (Å²) in [6.45, 7) is 0.555. The number of amidine groups is 1. The van der Waals surface area contributed by atoms with E-state index >= 15 is 0 Å². The van der Waals surface area contributed by atoms with Gasteiger partial charge >= 0.3 is 0 Å². The molecule has 0 spiro atoms. The summed E-state index contributed by atoms with van der Waals surface area (Å²) in [6.07, 6.45) is 1.74. The van der Waals surface area contributed by atoms with Crippen molar-refractivity contribution in [3.8, 4) is 0 Å². The standard InChI is InChI=1S/C14H14N6O/c15-13(20-21)10-5-3-6-11-12(10)19-14(18-11)17-8-9-4-1-2-7-16-9/h1-7,21H,8H2,(H2,15,20)(H2,17,18,19). The highest BCUT2D eigenvalue weighted by Crippen LogP contribution is 2.18. The number of oxime groups is 1. The fraction of sp³-hybridized carbons (Fsp3) is 0.0714. The van der Waals surface area contributed by atoms with Gasteiger partial charge in [-0.2, -0.15) is 0 Å². The van der Waals surface area contributed by atoms with Gasteiger partial charge in [-0.15, -0.1) is 0 Å². The van der Waals surface area contributed by atoms with E-state index in [1.54, 1.807) is 18.3 Å². The Kier molecular flexibility index (Phi) is 3.38. The van der Waals surface area contributed by atoms with Gasteiger partial charge in [0.2, 0.25) is 5.95 Å². The van der Waals surface area contributed by atoms with Crippen LogP contribution in [0.5, 0.6) is 0 Å². The van der Waals surface area contributed by atoms with Crippen molar-refractivity contribution in [1.82, 2.24) is 15.0 Å². The predicted molar refractivity (Wildman–Crippen MR) is 80.2 cm³/mol. The van der Waals surface area contributed by atoms with Gasteiger partial charge in [-0.25, -0.2) is 4.98 Å². The smallest absolute Gasteiger partial charge is 0.201 e. The summed E-state index contributed by atoms with van der Waals surface area (Å²) in [6, 6.07) is 11.1. The molecule has 0 aliphatic heterocycles. The van der Waals surface area contributed by atoms with E-state index < -0.39 is 0 Å². The van der Waals surface area contributed by atoms with Crippen molar-refractivity contribution < 1.29 is 5.21 Å². The first-order valence-corrected chi connectivity index (χ1v) is 6.38. The maximum atomic E-state index is 8.81. The van der Waals surface area contributed by atoms with Crippen LogP contribution in [0.2, 0.25) is 0 Å². The van der Waals surface area contributed by atoms with Gasteiger partial charge in [-0.1, -0.05) is 17.3 Å². The quantitative estimate of drug-likeness (QED) is 0.252. The summed E-state index contributed by atoms with van der Waals surface area (Å²) < 4.78 is 0. The van der Waals surface area contributed by atoms with Crippen LogP contribution in [0.3, 0.4) is 0 Å². The van der Waals surface area contributed by atoms with Gasteiger partial charge in [-0.3, -0.25) is 4.98 Å². The van der Waals surface area contributed by atoms with Crippen LogP contribution in [0.15, 0.2) is 47.8 Å². The van der Waals surface area contributed by atoms with E-state index in [2.05, 4.69) is 25.4 Å². The molecule has 3 rings (SSSR count). The Labute approximate surface area is 120 Å². The number of aromatic nitrogens is 3. The topological polar surface area (TPSA) is 112 Å². The first kappa shape index (κ1) is 12.9. The molecule has 0 atom stereocenters. The summed E-state index contributed by atoms with van der Waals surface area (Å²) >= 11 is 0. The third kappa shape index (κ3) is 2.62. The number of hydrogen-bond donors (Lipinski definition) is 4. The van der Waals surface area contributed by atoms with Crippen LogP contribution in [0.25, 0.3) is 11.0 Å². The summed E-state index contributed by atoms with van der Waals surface area (Å²) in [5, 5.41) is 15.0. The van der Waals surface area contributed by atoms with Crippen molar-refractivity contribution in [2.75, 3.05) is 5.32 Å². The number of para-hydroxylation sites is 1. The molecule has 0 saturated heterocycles. The Balaban J connectivity index is 1.88. The molecular weight excluding hydrogens is 268 g/mol. The number of benzene rings is 1. The van der Waals surface area contributed by atoms with E-state index in [0.717, 1.165) is 16.7 Å². The number of H-pyrrole nitrogens is 1. The van der Waals surface area contributed by atoms with E-state index in [4.69, 9.17) is 10.9 Å². The first-order valence-electron chi connectivity index (χ1n) is 6.38. The minimum atomic E-state index is 0.0422. The Bertz CT molecular complexity index is 781. The lowest BCUT2D eigenvalue weighted by Gasteiger charge is -2.01. The predicted octanol–water partition coefficient (Wildman–Crippen LogP) is 1.66. The molecule has 7 nitrogen and oxygen atoms in total. The molecule has 2 aromatic heterocycles. The third-order valence-electron chi connectivity index (χ3n) is 3.06. The number of fused-ring (bicyclic) bond motifs is 1. The van der Waals surface area contributed by atoms with E-state index in [1.807, 2.05) is 24.3 Å². The second-order valence-electron chi connectivity index (χ2n) is 4.44. The van der Waals surface area contributed by atoms with Crippen LogP contribution in [0.1, 0.15) is 11.3 Å². The highest BCUT2D eigenvalue weighted by Gasteiger charge is 2.09. The number of rotatable bonds is 4. The van der Waals surface area contributed by atoms with Gasteiger partial charge in [0, 0.05) is 11.8 Å². The first-order chi connectivity index (χ1) is 10.3. The number of pyridine rings is 1. The average Bonchev–Trinajstić information content (AvgIpc) is 2.96. The largest absolute Gasteiger partial charge is 0.409 e. The average molecular weight is 282 g/mol. The van der Waals surface area contributed by atoms with Crippen LogP contribution in [-0.4, -0.2) is 26.0 Å². The van der Waals surface area contributed by atoms with E-state index in [1.165, 1.54) is 0 Å². The maximum Gasteiger partial charge on any atom is 0.201 e. The number of nitrogens with zero attached hydrogens (tertiary/aromatic N) is 3. The van der Waals surface area contributed by atoms with E-state index in [0.29, 0.717) is 18.1 Å². The molecule has 0 radical (unpaired) electrons. The van der Waals surface area contributed by atoms with Crippen LogP contribution in [-0.2, 0) is 6.54 Å². The van der Waals surface area contributed by atoms with Gasteiger partial charge in [0.05, 0.1) is 23.3 Å². The van der Waals surface area contributed by atoms with Crippen molar-refractivity contribution in [3.63, 3.8) is 0 Å². The highest BCUT2D eigenvalue weighted by atomic mass is 16.4. The number of aromatic amines is 1. The monoisotopic (exact) mass is 282 g/mol. The van der Waals surface area contributed by atoms with Crippen LogP contribution >= 0.6 is 0 Å². The minimum Gasteiger partial charge on any atom is -0.409 e. The van der Waals surface area contributed by atoms with Crippen LogP contribution in [0.4, 0.5) is 5.95 Å². The van der Waals surface area contributed by atoms with Gasteiger partial charge in [0.15, 0.2) is 5.84 Å². The Morgan fingerprint density at radius 1 is 1.29 bits per heavy atom. The number of anilines is 1. The molecule has 0 aliphatic carbocycles. The van der Waals surface area contributed by atoms with Gasteiger partial charge < -0.3 is 21.2 Å². The molecule has 5 N–H and O–H groups in total. The zero-order valence-electron chi connectivity index (χ0n) is 11.1. The summed E-state index contributed by atoms with van der Waals surface area (Å²) in [7, 11) is 0. The lowest BCUT2D eigenvalue weighted by Crippen LogP contribution is -2.13. The van der Waals surface area contributed by atoms with Crippen molar-refractivity contribution in [2.24, 2.45) is 10.9 Å². The Morgan fingerprint density at radius 2 is 2.19 bits per heavy atom. The highest BCUT2D eigenvalue weighted by molar-refractivity contribution is 6.07. The number of nitrogens with one attached hydrogen (secondary N) is 2. The molecule has 106 valence electrons. The molecule has 0 aliphatic rings. The number of hydrogen-bond acceptors (Lipinski definition) is 5. The van der Waals surface area contributed by atoms with Crippen molar-refractivity contribution in [2.45, 2.75) is 6.54 Å². The molecule has 0 fully saturated rings. The fourth-order valence-electron chi connectivity index (χ4n) is 2.06. The molecule has 0 amide bonds. The Hall–Kier alpha value is -3.09. The van der Waals surface area contributed by atoms with Crippen LogP contribution in [0, 0.1) is 0 Å². The lowest BCUT2D eigenvalue weighted by atomic mass is 10.2. The van der Waals surface area contributed by atoms with Crippen LogP contribution < -0.4 is 11.1 Å². The van der Waals surface area contributed by atoms with Gasteiger partial charge in [0.1, 0.15) is 0 Å². The lowest BCUT2D eigenvalue weighted by molar-refractivity contribution is 0.318. The molecule has 7 heteroatoms. The summed E-state index contributed by atoms with van der Waals surface area (Å²) in [4.78, 5) is 11.8. The number of imidazole rings is 1. The number of nitrogens with two attached hydrogens (primary N) is 1.